The summed E-state index contributed by atoms with van der Waals surface area (Å²) in [6, 6.07) is 13.2. The Kier molecular flexibility index (Phi) is 5.54. The minimum absolute atomic E-state index is 0.0168. The van der Waals surface area contributed by atoms with Crippen LogP contribution in [-0.2, 0) is 4.79 Å². The highest BCUT2D eigenvalue weighted by Gasteiger charge is 2.11. The molecule has 2 rings (SSSR count). The average molecular weight is 335 g/mol. The topological polar surface area (TPSA) is 102 Å². The number of benzene rings is 2. The van der Waals surface area contributed by atoms with E-state index in [1.165, 1.54) is 19.2 Å². The number of ketones is 1. The van der Waals surface area contributed by atoms with E-state index in [2.05, 4.69) is 10.6 Å². The Bertz CT molecular complexity index is 895. The molecule has 0 saturated carbocycles. The van der Waals surface area contributed by atoms with Crippen molar-refractivity contribution in [2.24, 2.45) is 0 Å². The highest BCUT2D eigenvalue weighted by Crippen LogP contribution is 2.24. The molecule has 0 aliphatic carbocycles. The highest BCUT2D eigenvalue weighted by molar-refractivity contribution is 6.07. The van der Waals surface area contributed by atoms with Crippen LogP contribution in [0, 0.1) is 18.3 Å². The van der Waals surface area contributed by atoms with Crippen LogP contribution in [0.4, 0.5) is 11.4 Å². The van der Waals surface area contributed by atoms with Crippen molar-refractivity contribution in [2.75, 3.05) is 10.6 Å². The normalized spacial score (nSPS) is 10.7. The van der Waals surface area contributed by atoms with E-state index in [4.69, 9.17) is 0 Å². The first kappa shape index (κ1) is 17.8. The maximum absolute atomic E-state index is 12.2. The minimum Gasteiger partial charge on any atom is -0.506 e. The Hall–Kier alpha value is -3.59. The van der Waals surface area contributed by atoms with Gasteiger partial charge in [-0.05, 0) is 43.7 Å². The molecule has 2 aromatic carbocycles. The van der Waals surface area contributed by atoms with Gasteiger partial charge < -0.3 is 15.7 Å². The zero-order valence-electron chi connectivity index (χ0n) is 13.8. The average Bonchev–Trinajstić information content (AvgIpc) is 2.57. The Balaban J connectivity index is 2.14. The van der Waals surface area contributed by atoms with Crippen LogP contribution >= 0.6 is 0 Å². The van der Waals surface area contributed by atoms with E-state index in [1.54, 1.807) is 42.5 Å². The van der Waals surface area contributed by atoms with E-state index in [0.717, 1.165) is 5.56 Å². The molecule has 25 heavy (non-hydrogen) atoms. The van der Waals surface area contributed by atoms with Crippen LogP contribution < -0.4 is 10.6 Å². The number of anilines is 2. The first-order valence-corrected chi connectivity index (χ1v) is 7.49. The van der Waals surface area contributed by atoms with E-state index < -0.39 is 5.91 Å². The van der Waals surface area contributed by atoms with Crippen molar-refractivity contribution in [3.63, 3.8) is 0 Å². The summed E-state index contributed by atoms with van der Waals surface area (Å²) in [4.78, 5) is 23.6. The van der Waals surface area contributed by atoms with E-state index in [0.29, 0.717) is 16.9 Å². The predicted molar refractivity (Wildman–Crippen MR) is 95.2 cm³/mol. The number of amides is 1. The van der Waals surface area contributed by atoms with Gasteiger partial charge in [-0.25, -0.2) is 0 Å². The molecule has 0 heterocycles. The van der Waals surface area contributed by atoms with Crippen molar-refractivity contribution >= 4 is 23.1 Å². The van der Waals surface area contributed by atoms with Crippen LogP contribution in [0.15, 0.2) is 54.2 Å². The molecule has 3 N–H and O–H groups in total. The third-order valence-electron chi connectivity index (χ3n) is 3.42. The number of nitrogens with zero attached hydrogens (tertiary/aromatic N) is 1. The summed E-state index contributed by atoms with van der Waals surface area (Å²) in [5, 5.41) is 24.3. The Morgan fingerprint density at radius 2 is 1.96 bits per heavy atom. The molecule has 0 aromatic heterocycles. The Morgan fingerprint density at radius 3 is 2.60 bits per heavy atom. The number of nitrogens with one attached hydrogen (secondary N) is 2. The van der Waals surface area contributed by atoms with Gasteiger partial charge in [0, 0.05) is 17.5 Å². The second-order valence-corrected chi connectivity index (χ2v) is 5.43. The van der Waals surface area contributed by atoms with Gasteiger partial charge in [0.15, 0.2) is 5.78 Å². The Morgan fingerprint density at radius 1 is 1.20 bits per heavy atom. The van der Waals surface area contributed by atoms with Gasteiger partial charge in [-0.1, -0.05) is 18.2 Å². The number of rotatable bonds is 5. The number of phenolic OH excluding ortho intramolecular Hbond substituents is 1. The SMILES string of the molecule is CC(=O)c1cccc(NC(=O)/C(C#N)=C\Nc2ccc(C)cc2O)c1. The van der Waals surface area contributed by atoms with Crippen LogP contribution in [0.25, 0.3) is 0 Å². The fourth-order valence-corrected chi connectivity index (χ4v) is 2.08. The van der Waals surface area contributed by atoms with Gasteiger partial charge in [-0.3, -0.25) is 9.59 Å². The molecule has 0 aliphatic rings. The second kappa shape index (κ2) is 7.79. The number of Topliss-reactive ketones (excluding diaryl/α,β-unsaturated/α-hetero) is 1. The van der Waals surface area contributed by atoms with E-state index in [9.17, 15) is 20.0 Å². The largest absolute Gasteiger partial charge is 0.506 e. The van der Waals surface area contributed by atoms with Crippen molar-refractivity contribution in [3.8, 4) is 11.8 Å². The smallest absolute Gasteiger partial charge is 0.267 e. The van der Waals surface area contributed by atoms with Crippen molar-refractivity contribution in [1.29, 1.82) is 5.26 Å². The van der Waals surface area contributed by atoms with Gasteiger partial charge in [0.25, 0.3) is 5.91 Å². The summed E-state index contributed by atoms with van der Waals surface area (Å²) >= 11 is 0. The fraction of sp³-hybridized carbons (Fsp3) is 0.105. The number of carbonyl (C=O) groups excluding carboxylic acids is 2. The van der Waals surface area contributed by atoms with Crippen molar-refractivity contribution in [3.05, 3.63) is 65.4 Å². The van der Waals surface area contributed by atoms with Gasteiger partial charge in [0.1, 0.15) is 17.4 Å². The van der Waals surface area contributed by atoms with Crippen molar-refractivity contribution < 1.29 is 14.7 Å². The fourth-order valence-electron chi connectivity index (χ4n) is 2.08. The summed E-state index contributed by atoms with van der Waals surface area (Å²) in [5.41, 5.74) is 1.97. The molecule has 6 heteroatoms. The number of nitriles is 1. The first-order chi connectivity index (χ1) is 11.9. The highest BCUT2D eigenvalue weighted by atomic mass is 16.3. The lowest BCUT2D eigenvalue weighted by atomic mass is 10.1. The molecule has 0 aliphatic heterocycles. The molecule has 6 nitrogen and oxygen atoms in total. The lowest BCUT2D eigenvalue weighted by Crippen LogP contribution is -2.14. The summed E-state index contributed by atoms with van der Waals surface area (Å²) in [5.74, 6) is -0.728. The second-order valence-electron chi connectivity index (χ2n) is 5.43. The zero-order valence-corrected chi connectivity index (χ0v) is 13.8. The lowest BCUT2D eigenvalue weighted by Gasteiger charge is -2.07. The van der Waals surface area contributed by atoms with Gasteiger partial charge >= 0.3 is 0 Å². The molecule has 2 aromatic rings. The standard InChI is InChI=1S/C19H17N3O3/c1-12-6-7-17(18(24)8-12)21-11-15(10-20)19(25)22-16-5-3-4-14(9-16)13(2)23/h3-9,11,21,24H,1-2H3,(H,22,25)/b15-11-. The minimum atomic E-state index is -0.623. The Labute approximate surface area is 145 Å². The molecule has 0 atom stereocenters. The van der Waals surface area contributed by atoms with Gasteiger partial charge in [0.2, 0.25) is 0 Å². The number of aryl methyl sites for hydroxylation is 1. The van der Waals surface area contributed by atoms with E-state index in [-0.39, 0.29) is 17.1 Å². The maximum atomic E-state index is 12.2. The van der Waals surface area contributed by atoms with Gasteiger partial charge in [0.05, 0.1) is 5.69 Å². The van der Waals surface area contributed by atoms with E-state index in [1.807, 2.05) is 6.92 Å². The van der Waals surface area contributed by atoms with Crippen LogP contribution in [0.2, 0.25) is 0 Å². The summed E-state index contributed by atoms with van der Waals surface area (Å²) in [6.07, 6.45) is 1.22. The monoisotopic (exact) mass is 335 g/mol. The third kappa shape index (κ3) is 4.69. The summed E-state index contributed by atoms with van der Waals surface area (Å²) < 4.78 is 0. The molecule has 0 spiro atoms. The molecular formula is C19H17N3O3. The molecule has 1 amide bonds. The van der Waals surface area contributed by atoms with Crippen LogP contribution in [0.1, 0.15) is 22.8 Å². The van der Waals surface area contributed by atoms with Crippen LogP contribution in [0.3, 0.4) is 0 Å². The molecular weight excluding hydrogens is 318 g/mol. The zero-order chi connectivity index (χ0) is 18.4. The van der Waals surface area contributed by atoms with Crippen molar-refractivity contribution in [2.45, 2.75) is 13.8 Å². The molecule has 126 valence electrons. The first-order valence-electron chi connectivity index (χ1n) is 7.49. The predicted octanol–water partition coefficient (Wildman–Crippen LogP) is 3.36. The number of carbonyl (C=O) groups is 2. The van der Waals surface area contributed by atoms with Gasteiger partial charge in [-0.15, -0.1) is 0 Å². The van der Waals surface area contributed by atoms with Gasteiger partial charge in [-0.2, -0.15) is 5.26 Å². The molecule has 0 radical (unpaired) electrons. The summed E-state index contributed by atoms with van der Waals surface area (Å²) in [6.45, 7) is 3.27. The summed E-state index contributed by atoms with van der Waals surface area (Å²) in [7, 11) is 0. The quantitative estimate of drug-likeness (QED) is 0.336. The molecule has 0 fully saturated rings. The van der Waals surface area contributed by atoms with Crippen LogP contribution in [0.5, 0.6) is 5.75 Å². The van der Waals surface area contributed by atoms with Crippen LogP contribution in [-0.4, -0.2) is 16.8 Å². The van der Waals surface area contributed by atoms with E-state index >= 15 is 0 Å². The molecule has 0 bridgehead atoms. The molecule has 0 unspecified atom stereocenters. The lowest BCUT2D eigenvalue weighted by molar-refractivity contribution is -0.112. The maximum Gasteiger partial charge on any atom is 0.267 e. The number of phenols is 1. The van der Waals surface area contributed by atoms with Crippen molar-refractivity contribution in [1.82, 2.24) is 0 Å². The third-order valence-corrected chi connectivity index (χ3v) is 3.42. The number of hydrogen-bond acceptors (Lipinski definition) is 5. The molecule has 0 saturated heterocycles. The number of hydrogen-bond donors (Lipinski definition) is 3. The number of aromatic hydroxyl groups is 1.